The second-order valence-corrected chi connectivity index (χ2v) is 4.77. The number of rotatable bonds is 2. The fourth-order valence-corrected chi connectivity index (χ4v) is 2.31. The molecule has 1 heterocycles. The smallest absolute Gasteiger partial charge is 0.337 e. The Bertz CT molecular complexity index is 998. The van der Waals surface area contributed by atoms with Gasteiger partial charge in [0, 0.05) is 19.3 Å². The van der Waals surface area contributed by atoms with E-state index in [1.807, 2.05) is 0 Å². The topological polar surface area (TPSA) is 136 Å². The molecule has 2 aromatic carbocycles. The van der Waals surface area contributed by atoms with Gasteiger partial charge in [0.2, 0.25) is 0 Å². The van der Waals surface area contributed by atoms with Gasteiger partial charge in [0.1, 0.15) is 39.3 Å². The molecular weight excluding hydrogens is 302 g/mol. The molecule has 8 heteroatoms. The number of benzene rings is 2. The first-order chi connectivity index (χ1) is 10.9. The molecule has 3 rings (SSSR count). The van der Waals surface area contributed by atoms with Crippen molar-refractivity contribution in [3.8, 4) is 17.2 Å². The van der Waals surface area contributed by atoms with Crippen LogP contribution in [0.15, 0.2) is 23.2 Å². The van der Waals surface area contributed by atoms with Crippen LogP contribution >= 0.6 is 0 Å². The Labute approximate surface area is 129 Å². The highest BCUT2D eigenvalue weighted by Crippen LogP contribution is 2.35. The maximum atomic E-state index is 11.3. The molecule has 0 amide bonds. The maximum Gasteiger partial charge on any atom is 0.337 e. The summed E-state index contributed by atoms with van der Waals surface area (Å²) in [7, 11) is 1.49. The molecule has 1 aromatic heterocycles. The molecule has 116 valence electrons. The fraction of sp³-hybridized carbons (Fsp3) is 0.0667. The van der Waals surface area contributed by atoms with Gasteiger partial charge in [-0.15, -0.1) is 0 Å². The lowest BCUT2D eigenvalue weighted by Gasteiger charge is -2.09. The Kier molecular flexibility index (Phi) is 3.21. The molecule has 0 bridgehead atoms. The highest BCUT2D eigenvalue weighted by atomic mass is 16.4. The summed E-state index contributed by atoms with van der Waals surface area (Å²) in [5.74, 6) is -2.12. The van der Waals surface area contributed by atoms with E-state index in [4.69, 9.17) is 0 Å². The Hall–Kier alpha value is -3.42. The van der Waals surface area contributed by atoms with E-state index in [1.165, 1.54) is 25.4 Å². The number of phenolic OH excluding ortho intramolecular Hbond substituents is 3. The van der Waals surface area contributed by atoms with Crippen LogP contribution in [-0.2, 0) is 0 Å². The summed E-state index contributed by atoms with van der Waals surface area (Å²) < 4.78 is 0. The molecule has 0 fully saturated rings. The van der Waals surface area contributed by atoms with Crippen LogP contribution in [0, 0.1) is 0 Å². The lowest BCUT2D eigenvalue weighted by atomic mass is 10.1. The van der Waals surface area contributed by atoms with Gasteiger partial charge in [-0.05, 0) is 12.1 Å². The van der Waals surface area contributed by atoms with Crippen LogP contribution in [0.2, 0.25) is 0 Å². The van der Waals surface area contributed by atoms with E-state index < -0.39 is 5.97 Å². The number of hydrogen-bond acceptors (Lipinski definition) is 7. The van der Waals surface area contributed by atoms with Crippen molar-refractivity contribution in [1.29, 1.82) is 0 Å². The fourth-order valence-electron chi connectivity index (χ4n) is 2.31. The first-order valence-electron chi connectivity index (χ1n) is 6.48. The summed E-state index contributed by atoms with van der Waals surface area (Å²) in [4.78, 5) is 23.4. The second-order valence-electron chi connectivity index (χ2n) is 4.77. The molecule has 0 unspecified atom stereocenters. The summed E-state index contributed by atoms with van der Waals surface area (Å²) >= 11 is 0. The van der Waals surface area contributed by atoms with Crippen molar-refractivity contribution in [3.05, 3.63) is 29.3 Å². The third-order valence-electron chi connectivity index (χ3n) is 3.34. The minimum Gasteiger partial charge on any atom is -0.507 e. The van der Waals surface area contributed by atoms with Crippen molar-refractivity contribution in [3.63, 3.8) is 0 Å². The molecule has 4 N–H and O–H groups in total. The quantitative estimate of drug-likeness (QED) is 0.417. The predicted molar refractivity (Wildman–Crippen MR) is 82.5 cm³/mol. The van der Waals surface area contributed by atoms with Crippen molar-refractivity contribution in [2.75, 3.05) is 7.05 Å². The standard InChI is InChI=1S/C15H11N3O5/c1-16-5-7-9(20)4-10(21)14-12(7)18-13-8(19)3-2-6(15(22)23)11(13)17-14/h2-5,19-21H,1H3,(H,22,23)/b16-5-. The van der Waals surface area contributed by atoms with Crippen LogP contribution in [-0.4, -0.2) is 49.6 Å². The maximum absolute atomic E-state index is 11.3. The van der Waals surface area contributed by atoms with Crippen LogP contribution < -0.4 is 0 Å². The van der Waals surface area contributed by atoms with Crippen LogP contribution in [0.4, 0.5) is 0 Å². The summed E-state index contributed by atoms with van der Waals surface area (Å²) in [5, 5.41) is 39.1. The van der Waals surface area contributed by atoms with Gasteiger partial charge in [-0.25, -0.2) is 14.8 Å². The largest absolute Gasteiger partial charge is 0.507 e. The van der Waals surface area contributed by atoms with Crippen LogP contribution in [0.25, 0.3) is 22.1 Å². The number of nitrogens with zero attached hydrogens (tertiary/aromatic N) is 3. The Morgan fingerprint density at radius 3 is 2.30 bits per heavy atom. The molecule has 8 nitrogen and oxygen atoms in total. The van der Waals surface area contributed by atoms with E-state index in [2.05, 4.69) is 15.0 Å². The average molecular weight is 313 g/mol. The van der Waals surface area contributed by atoms with Crippen molar-refractivity contribution in [1.82, 2.24) is 9.97 Å². The molecule has 0 saturated heterocycles. The molecule has 0 spiro atoms. The molecule has 23 heavy (non-hydrogen) atoms. The molecule has 0 atom stereocenters. The van der Waals surface area contributed by atoms with E-state index in [9.17, 15) is 25.2 Å². The van der Waals surface area contributed by atoms with Gasteiger partial charge in [-0.2, -0.15) is 0 Å². The van der Waals surface area contributed by atoms with Gasteiger partial charge < -0.3 is 20.4 Å². The molecule has 0 aliphatic heterocycles. The zero-order chi connectivity index (χ0) is 16.7. The number of hydrogen-bond donors (Lipinski definition) is 4. The number of carboxylic acid groups (broad SMARTS) is 1. The number of aromatic nitrogens is 2. The van der Waals surface area contributed by atoms with Crippen molar-refractivity contribution < 1.29 is 25.2 Å². The monoisotopic (exact) mass is 313 g/mol. The third kappa shape index (κ3) is 2.16. The normalized spacial score (nSPS) is 11.5. The summed E-state index contributed by atoms with van der Waals surface area (Å²) in [5.41, 5.74) is 0.0236. The third-order valence-corrected chi connectivity index (χ3v) is 3.34. The number of aliphatic imine (C=N–C) groups is 1. The summed E-state index contributed by atoms with van der Waals surface area (Å²) in [6.45, 7) is 0. The van der Waals surface area contributed by atoms with Gasteiger partial charge >= 0.3 is 5.97 Å². The van der Waals surface area contributed by atoms with E-state index in [0.29, 0.717) is 0 Å². The lowest BCUT2D eigenvalue weighted by molar-refractivity contribution is 0.0699. The van der Waals surface area contributed by atoms with Crippen molar-refractivity contribution >= 4 is 34.3 Å². The number of carboxylic acids is 1. The van der Waals surface area contributed by atoms with E-state index >= 15 is 0 Å². The molecular formula is C15H11N3O5. The molecule has 0 radical (unpaired) electrons. The first kappa shape index (κ1) is 14.5. The summed E-state index contributed by atoms with van der Waals surface area (Å²) in [6, 6.07) is 3.47. The zero-order valence-corrected chi connectivity index (χ0v) is 11.8. The van der Waals surface area contributed by atoms with Crippen LogP contribution in [0.3, 0.4) is 0 Å². The van der Waals surface area contributed by atoms with E-state index in [1.54, 1.807) is 0 Å². The summed E-state index contributed by atoms with van der Waals surface area (Å²) in [6.07, 6.45) is 1.33. The van der Waals surface area contributed by atoms with Gasteiger partial charge in [0.05, 0.1) is 11.1 Å². The lowest BCUT2D eigenvalue weighted by Crippen LogP contribution is -2.01. The van der Waals surface area contributed by atoms with Crippen molar-refractivity contribution in [2.24, 2.45) is 4.99 Å². The highest BCUT2D eigenvalue weighted by Gasteiger charge is 2.19. The number of phenols is 3. The van der Waals surface area contributed by atoms with E-state index in [-0.39, 0.29) is 50.4 Å². The van der Waals surface area contributed by atoms with Gasteiger partial charge in [0.25, 0.3) is 0 Å². The van der Waals surface area contributed by atoms with Crippen LogP contribution in [0.1, 0.15) is 15.9 Å². The number of carbonyl (C=O) groups is 1. The number of fused-ring (bicyclic) bond motifs is 2. The highest BCUT2D eigenvalue weighted by molar-refractivity contribution is 6.08. The molecule has 0 aliphatic carbocycles. The number of aromatic hydroxyl groups is 3. The second kappa shape index (κ2) is 5.09. The number of aromatic carboxylic acids is 1. The predicted octanol–water partition coefficient (Wildman–Crippen LogP) is 1.65. The molecule has 3 aromatic rings. The van der Waals surface area contributed by atoms with Crippen molar-refractivity contribution in [2.45, 2.75) is 0 Å². The van der Waals surface area contributed by atoms with Gasteiger partial charge in [0.15, 0.2) is 0 Å². The molecule has 0 saturated carbocycles. The van der Waals surface area contributed by atoms with E-state index in [0.717, 1.165) is 6.07 Å². The van der Waals surface area contributed by atoms with Gasteiger partial charge in [-0.1, -0.05) is 0 Å². The van der Waals surface area contributed by atoms with Crippen LogP contribution in [0.5, 0.6) is 17.2 Å². The Morgan fingerprint density at radius 2 is 1.65 bits per heavy atom. The SMILES string of the molecule is C/N=C\c1c(O)cc(O)c2nc3c(C(=O)O)ccc(O)c3nc12. The Balaban J connectivity index is 2.56. The first-order valence-corrected chi connectivity index (χ1v) is 6.48. The van der Waals surface area contributed by atoms with Gasteiger partial charge in [-0.3, -0.25) is 4.99 Å². The minimum absolute atomic E-state index is 0.00157. The average Bonchev–Trinajstić information content (AvgIpc) is 2.50. The minimum atomic E-state index is -1.24. The Morgan fingerprint density at radius 1 is 1.00 bits per heavy atom. The zero-order valence-electron chi connectivity index (χ0n) is 11.8. The molecule has 0 aliphatic rings.